The zero-order valence-electron chi connectivity index (χ0n) is 18.7. The molecule has 1 atom stereocenters. The summed E-state index contributed by atoms with van der Waals surface area (Å²) in [5, 5.41) is 2.82. The van der Waals surface area contributed by atoms with Crippen molar-refractivity contribution in [3.63, 3.8) is 0 Å². The van der Waals surface area contributed by atoms with Gasteiger partial charge in [-0.15, -0.1) is 0 Å². The summed E-state index contributed by atoms with van der Waals surface area (Å²) in [6, 6.07) is 10.5. The van der Waals surface area contributed by atoms with Crippen molar-refractivity contribution in [1.29, 1.82) is 0 Å². The van der Waals surface area contributed by atoms with Gasteiger partial charge in [0.25, 0.3) is 5.91 Å². The van der Waals surface area contributed by atoms with Crippen molar-refractivity contribution in [2.45, 2.75) is 13.0 Å². The standard InChI is InChI=1S/C22H19FN4O5.CH5N/c1-12(11-28)25-19-10-17(20(24)29)26-21(27-19)13-3-8-18(16(9-13)22(30)31-2)32-15-6-4-14(23)5-7-15;1-2/h3-12H,1-2H3,(H2,24,29)(H,25,26,27);2H2,1H3. The lowest BCUT2D eigenvalue weighted by Crippen LogP contribution is -2.20. The van der Waals surface area contributed by atoms with Gasteiger partial charge in [0.1, 0.15) is 40.7 Å². The Morgan fingerprint density at radius 2 is 1.76 bits per heavy atom. The van der Waals surface area contributed by atoms with Gasteiger partial charge in [-0.3, -0.25) is 4.79 Å². The van der Waals surface area contributed by atoms with Crippen molar-refractivity contribution in [2.24, 2.45) is 11.5 Å². The lowest BCUT2D eigenvalue weighted by molar-refractivity contribution is -0.108. The van der Waals surface area contributed by atoms with Crippen LogP contribution in [-0.2, 0) is 9.53 Å². The minimum Gasteiger partial charge on any atom is -0.465 e. The number of anilines is 1. The first-order valence-corrected chi connectivity index (χ1v) is 9.95. The van der Waals surface area contributed by atoms with Crippen LogP contribution < -0.4 is 21.5 Å². The molecule has 2 aromatic carbocycles. The van der Waals surface area contributed by atoms with Gasteiger partial charge in [-0.1, -0.05) is 0 Å². The van der Waals surface area contributed by atoms with Gasteiger partial charge in [-0.05, 0) is 56.4 Å². The van der Waals surface area contributed by atoms with Crippen molar-refractivity contribution < 1.29 is 28.2 Å². The number of benzene rings is 2. The molecule has 3 rings (SSSR count). The highest BCUT2D eigenvalue weighted by atomic mass is 19.1. The van der Waals surface area contributed by atoms with E-state index in [4.69, 9.17) is 15.2 Å². The van der Waals surface area contributed by atoms with Gasteiger partial charge in [-0.25, -0.2) is 19.2 Å². The lowest BCUT2D eigenvalue weighted by atomic mass is 10.1. The number of esters is 1. The van der Waals surface area contributed by atoms with E-state index in [1.54, 1.807) is 13.0 Å². The minimum absolute atomic E-state index is 0.0539. The molecule has 0 fully saturated rings. The Labute approximate surface area is 195 Å². The first-order chi connectivity index (χ1) is 16.3. The van der Waals surface area contributed by atoms with Crippen LogP contribution in [0.1, 0.15) is 27.8 Å². The molecular formula is C23H24FN5O5. The predicted octanol–water partition coefficient (Wildman–Crippen LogP) is 2.53. The fraction of sp³-hybridized carbons (Fsp3) is 0.174. The maximum atomic E-state index is 13.2. The van der Waals surface area contributed by atoms with Crippen LogP contribution in [0.3, 0.4) is 0 Å². The van der Waals surface area contributed by atoms with Gasteiger partial charge in [-0.2, -0.15) is 0 Å². The van der Waals surface area contributed by atoms with E-state index in [1.807, 2.05) is 0 Å². The molecule has 0 radical (unpaired) electrons. The Hall–Kier alpha value is -4.38. The van der Waals surface area contributed by atoms with Crippen molar-refractivity contribution in [3.8, 4) is 22.9 Å². The zero-order chi connectivity index (χ0) is 25.3. The van der Waals surface area contributed by atoms with Crippen LogP contribution in [0.5, 0.6) is 11.5 Å². The van der Waals surface area contributed by atoms with Gasteiger partial charge in [0.15, 0.2) is 5.82 Å². The SMILES string of the molecule is CN.COC(=O)c1cc(-c2nc(NC(C)C=O)cc(C(N)=O)n2)ccc1Oc1ccc(F)cc1. The fourth-order valence-electron chi connectivity index (χ4n) is 2.70. The highest BCUT2D eigenvalue weighted by molar-refractivity contribution is 5.94. The molecule has 0 saturated carbocycles. The minimum atomic E-state index is -0.792. The van der Waals surface area contributed by atoms with E-state index < -0.39 is 23.7 Å². The number of nitrogens with two attached hydrogens (primary N) is 2. The number of ether oxygens (including phenoxy) is 2. The summed E-state index contributed by atoms with van der Waals surface area (Å²) >= 11 is 0. The number of aromatic nitrogens is 2. The maximum Gasteiger partial charge on any atom is 0.341 e. The van der Waals surface area contributed by atoms with Crippen molar-refractivity contribution in [3.05, 3.63) is 65.6 Å². The molecule has 0 spiro atoms. The smallest absolute Gasteiger partial charge is 0.341 e. The molecular weight excluding hydrogens is 445 g/mol. The number of primary amides is 1. The Kier molecular flexibility index (Phi) is 9.15. The van der Waals surface area contributed by atoms with E-state index in [-0.39, 0.29) is 28.6 Å². The van der Waals surface area contributed by atoms with Crippen LogP contribution in [-0.4, -0.2) is 48.3 Å². The summed E-state index contributed by atoms with van der Waals surface area (Å²) in [5.41, 5.74) is 10.2. The molecule has 5 N–H and O–H groups in total. The number of hydrogen-bond acceptors (Lipinski definition) is 9. The summed E-state index contributed by atoms with van der Waals surface area (Å²) < 4.78 is 23.7. The van der Waals surface area contributed by atoms with Gasteiger partial charge < -0.3 is 31.1 Å². The lowest BCUT2D eigenvalue weighted by Gasteiger charge is -2.13. The maximum absolute atomic E-state index is 13.2. The monoisotopic (exact) mass is 469 g/mol. The third-order valence-electron chi connectivity index (χ3n) is 4.24. The molecule has 1 amide bonds. The second kappa shape index (κ2) is 12.0. The van der Waals surface area contributed by atoms with Crippen LogP contribution >= 0.6 is 0 Å². The zero-order valence-corrected chi connectivity index (χ0v) is 18.7. The number of nitrogens with zero attached hydrogens (tertiary/aromatic N) is 2. The number of hydrogen-bond donors (Lipinski definition) is 3. The second-order valence-electron chi connectivity index (χ2n) is 6.65. The molecule has 0 saturated heterocycles. The highest BCUT2D eigenvalue weighted by Crippen LogP contribution is 2.30. The van der Waals surface area contributed by atoms with Gasteiger partial charge in [0.2, 0.25) is 0 Å². The summed E-state index contributed by atoms with van der Waals surface area (Å²) in [6.45, 7) is 1.61. The van der Waals surface area contributed by atoms with Gasteiger partial charge >= 0.3 is 5.97 Å². The van der Waals surface area contributed by atoms with Crippen molar-refractivity contribution in [2.75, 3.05) is 19.5 Å². The number of halogens is 1. The van der Waals surface area contributed by atoms with Crippen LogP contribution in [0.4, 0.5) is 10.2 Å². The summed E-state index contributed by atoms with van der Waals surface area (Å²) in [4.78, 5) is 43.5. The number of methoxy groups -OCH3 is 1. The van der Waals surface area contributed by atoms with Crippen molar-refractivity contribution in [1.82, 2.24) is 9.97 Å². The molecule has 0 aliphatic rings. The molecule has 34 heavy (non-hydrogen) atoms. The van der Waals surface area contributed by atoms with E-state index in [2.05, 4.69) is 21.0 Å². The largest absolute Gasteiger partial charge is 0.465 e. The van der Waals surface area contributed by atoms with E-state index in [0.717, 1.165) is 0 Å². The second-order valence-corrected chi connectivity index (χ2v) is 6.65. The third kappa shape index (κ3) is 6.56. The Balaban J connectivity index is 0.00000199. The van der Waals surface area contributed by atoms with Gasteiger partial charge in [0.05, 0.1) is 13.2 Å². The molecule has 1 aromatic heterocycles. The third-order valence-corrected chi connectivity index (χ3v) is 4.24. The molecule has 11 heteroatoms. The molecule has 0 bridgehead atoms. The van der Waals surface area contributed by atoms with Gasteiger partial charge in [0, 0.05) is 11.6 Å². The number of aldehydes is 1. The van der Waals surface area contributed by atoms with Crippen LogP contribution in [0.25, 0.3) is 11.4 Å². The average molecular weight is 469 g/mol. The molecule has 0 aliphatic heterocycles. The first kappa shape index (κ1) is 25.9. The molecule has 3 aromatic rings. The molecule has 1 unspecified atom stereocenters. The Morgan fingerprint density at radius 3 is 2.35 bits per heavy atom. The summed E-state index contributed by atoms with van der Waals surface area (Å²) in [7, 11) is 2.71. The van der Waals surface area contributed by atoms with E-state index >= 15 is 0 Å². The average Bonchev–Trinajstić information content (AvgIpc) is 2.86. The number of rotatable bonds is 8. The molecule has 178 valence electrons. The van der Waals surface area contributed by atoms with E-state index in [9.17, 15) is 18.8 Å². The van der Waals surface area contributed by atoms with Crippen LogP contribution in [0.15, 0.2) is 48.5 Å². The normalized spacial score (nSPS) is 10.9. The topological polar surface area (TPSA) is 160 Å². The summed E-state index contributed by atoms with van der Waals surface area (Å²) in [5.74, 6) is -1.16. The van der Waals surface area contributed by atoms with Crippen molar-refractivity contribution >= 4 is 24.0 Å². The van der Waals surface area contributed by atoms with Crippen LogP contribution in [0.2, 0.25) is 0 Å². The predicted molar refractivity (Wildman–Crippen MR) is 123 cm³/mol. The molecule has 0 aliphatic carbocycles. The quantitative estimate of drug-likeness (QED) is 0.333. The van der Waals surface area contributed by atoms with E-state index in [1.165, 1.54) is 56.6 Å². The number of carbonyl (C=O) groups is 3. The molecule has 1 heterocycles. The number of nitrogens with one attached hydrogen (secondary N) is 1. The highest BCUT2D eigenvalue weighted by Gasteiger charge is 2.18. The summed E-state index contributed by atoms with van der Waals surface area (Å²) in [6.07, 6.45) is 0.669. The molecule has 10 nitrogen and oxygen atoms in total. The first-order valence-electron chi connectivity index (χ1n) is 9.95. The Bertz CT molecular complexity index is 1170. The number of amides is 1. The van der Waals surface area contributed by atoms with Crippen LogP contribution in [0, 0.1) is 5.82 Å². The fourth-order valence-corrected chi connectivity index (χ4v) is 2.70. The number of carbonyl (C=O) groups excluding carboxylic acids is 3. The Morgan fingerprint density at radius 1 is 1.09 bits per heavy atom. The van der Waals surface area contributed by atoms with E-state index in [0.29, 0.717) is 17.6 Å².